The molecular formula is C60H113NO5. The zero-order valence-electron chi connectivity index (χ0n) is 44.2. The number of unbranched alkanes of at least 4 members (excludes halogenated alkanes) is 37. The van der Waals surface area contributed by atoms with Crippen molar-refractivity contribution in [2.45, 2.75) is 321 Å². The van der Waals surface area contributed by atoms with E-state index in [9.17, 15) is 19.8 Å². The summed E-state index contributed by atoms with van der Waals surface area (Å²) in [7, 11) is 0. The Bertz CT molecular complexity index is 1070. The fourth-order valence-electron chi connectivity index (χ4n) is 8.90. The van der Waals surface area contributed by atoms with Crippen molar-refractivity contribution in [2.75, 3.05) is 13.2 Å². The number of carbonyl (C=O) groups is 2. The van der Waals surface area contributed by atoms with Crippen molar-refractivity contribution in [3.05, 3.63) is 36.5 Å². The van der Waals surface area contributed by atoms with Crippen molar-refractivity contribution < 1.29 is 24.5 Å². The number of hydrogen-bond acceptors (Lipinski definition) is 5. The molecule has 0 aromatic rings. The van der Waals surface area contributed by atoms with E-state index in [-0.39, 0.29) is 18.5 Å². The summed E-state index contributed by atoms with van der Waals surface area (Å²) in [6.07, 6.45) is 68.7. The van der Waals surface area contributed by atoms with Crippen molar-refractivity contribution in [1.29, 1.82) is 0 Å². The highest BCUT2D eigenvalue weighted by Crippen LogP contribution is 2.16. The van der Waals surface area contributed by atoms with Gasteiger partial charge < -0.3 is 20.3 Å². The Morgan fingerprint density at radius 1 is 0.424 bits per heavy atom. The molecule has 0 radical (unpaired) electrons. The van der Waals surface area contributed by atoms with E-state index in [1.165, 1.54) is 225 Å². The summed E-state index contributed by atoms with van der Waals surface area (Å²) in [4.78, 5) is 24.4. The summed E-state index contributed by atoms with van der Waals surface area (Å²) >= 11 is 0. The first kappa shape index (κ1) is 64.1. The Morgan fingerprint density at radius 3 is 1.17 bits per heavy atom. The van der Waals surface area contributed by atoms with Gasteiger partial charge in [0, 0.05) is 12.8 Å². The first-order valence-electron chi connectivity index (χ1n) is 29.2. The predicted molar refractivity (Wildman–Crippen MR) is 287 cm³/mol. The van der Waals surface area contributed by atoms with Crippen LogP contribution in [0.15, 0.2) is 36.5 Å². The molecule has 0 spiro atoms. The third kappa shape index (κ3) is 51.5. The van der Waals surface area contributed by atoms with E-state index in [1.807, 2.05) is 0 Å². The number of aliphatic hydroxyl groups excluding tert-OH is 2. The number of aliphatic hydroxyl groups is 2. The number of carbonyl (C=O) groups excluding carboxylic acids is 2. The van der Waals surface area contributed by atoms with Crippen LogP contribution in [0.1, 0.15) is 309 Å². The molecule has 0 aliphatic rings. The van der Waals surface area contributed by atoms with Gasteiger partial charge in [-0.1, -0.05) is 249 Å². The van der Waals surface area contributed by atoms with Crippen LogP contribution >= 0.6 is 0 Å². The van der Waals surface area contributed by atoms with Crippen molar-refractivity contribution in [3.63, 3.8) is 0 Å². The van der Waals surface area contributed by atoms with Crippen LogP contribution in [-0.4, -0.2) is 47.4 Å². The lowest BCUT2D eigenvalue weighted by Gasteiger charge is -2.22. The number of amides is 1. The topological polar surface area (TPSA) is 95.9 Å². The zero-order chi connectivity index (χ0) is 47.9. The molecule has 0 bridgehead atoms. The molecule has 388 valence electrons. The molecule has 0 aliphatic carbocycles. The average molecular weight is 929 g/mol. The fourth-order valence-corrected chi connectivity index (χ4v) is 8.90. The normalized spacial score (nSPS) is 12.8. The largest absolute Gasteiger partial charge is 0.466 e. The molecule has 3 N–H and O–H groups in total. The minimum absolute atomic E-state index is 0.000735. The van der Waals surface area contributed by atoms with Crippen LogP contribution in [0.5, 0.6) is 0 Å². The van der Waals surface area contributed by atoms with Crippen LogP contribution < -0.4 is 5.32 Å². The fraction of sp³-hybridized carbons (Fsp3) is 0.867. The first-order chi connectivity index (χ1) is 32.5. The summed E-state index contributed by atoms with van der Waals surface area (Å²) < 4.78 is 5.47. The van der Waals surface area contributed by atoms with Gasteiger partial charge in [-0.05, 0) is 83.5 Å². The number of nitrogens with one attached hydrogen (secondary N) is 1. The molecule has 0 fully saturated rings. The number of hydrogen-bond donors (Lipinski definition) is 3. The smallest absolute Gasteiger partial charge is 0.305 e. The molecule has 6 nitrogen and oxygen atoms in total. The van der Waals surface area contributed by atoms with E-state index < -0.39 is 12.1 Å². The SMILES string of the molecule is CCCCCCCC/C=C\CCCCCCCC(=O)OCCCCCCCCCCC/C=C\C/C=C\CCCCCCCCCCCC(=O)NC(CO)C(O)CCCCCCCCCCC. The average Bonchev–Trinajstić information content (AvgIpc) is 3.32. The molecule has 0 saturated carbocycles. The summed E-state index contributed by atoms with van der Waals surface area (Å²) in [5.74, 6) is -0.0430. The van der Waals surface area contributed by atoms with Crippen LogP contribution in [0.3, 0.4) is 0 Å². The lowest BCUT2D eigenvalue weighted by atomic mass is 10.0. The highest BCUT2D eigenvalue weighted by molar-refractivity contribution is 5.76. The van der Waals surface area contributed by atoms with Gasteiger partial charge in [0.2, 0.25) is 5.91 Å². The van der Waals surface area contributed by atoms with Gasteiger partial charge >= 0.3 is 5.97 Å². The van der Waals surface area contributed by atoms with Crippen LogP contribution in [0.25, 0.3) is 0 Å². The molecule has 2 unspecified atom stereocenters. The van der Waals surface area contributed by atoms with E-state index in [4.69, 9.17) is 4.74 Å². The van der Waals surface area contributed by atoms with E-state index in [0.717, 1.165) is 51.4 Å². The van der Waals surface area contributed by atoms with Crippen LogP contribution in [0, 0.1) is 0 Å². The Morgan fingerprint density at radius 2 is 0.758 bits per heavy atom. The molecule has 1 amide bonds. The van der Waals surface area contributed by atoms with Crippen molar-refractivity contribution in [3.8, 4) is 0 Å². The van der Waals surface area contributed by atoms with Gasteiger partial charge in [-0.3, -0.25) is 9.59 Å². The van der Waals surface area contributed by atoms with Crippen LogP contribution in [0.2, 0.25) is 0 Å². The van der Waals surface area contributed by atoms with Gasteiger partial charge in [0.1, 0.15) is 0 Å². The summed E-state index contributed by atoms with van der Waals surface area (Å²) in [5, 5.41) is 23.1. The summed E-state index contributed by atoms with van der Waals surface area (Å²) in [5.41, 5.74) is 0. The molecule has 2 atom stereocenters. The van der Waals surface area contributed by atoms with E-state index in [1.54, 1.807) is 0 Å². The van der Waals surface area contributed by atoms with Gasteiger partial charge in [0.25, 0.3) is 0 Å². The molecule has 0 aromatic carbocycles. The Kier molecular flexibility index (Phi) is 54.1. The second-order valence-corrected chi connectivity index (χ2v) is 20.0. The Labute approximate surface area is 411 Å². The Balaban J connectivity index is 3.41. The van der Waals surface area contributed by atoms with Crippen LogP contribution in [0.4, 0.5) is 0 Å². The third-order valence-corrected chi connectivity index (χ3v) is 13.4. The molecule has 6 heteroatoms. The van der Waals surface area contributed by atoms with Gasteiger partial charge in [-0.25, -0.2) is 0 Å². The highest BCUT2D eigenvalue weighted by Gasteiger charge is 2.20. The molecule has 0 saturated heterocycles. The third-order valence-electron chi connectivity index (χ3n) is 13.4. The quantitative estimate of drug-likeness (QED) is 0.0321. The van der Waals surface area contributed by atoms with Gasteiger partial charge in [0.15, 0.2) is 0 Å². The number of rotatable bonds is 54. The van der Waals surface area contributed by atoms with Crippen molar-refractivity contribution in [1.82, 2.24) is 5.32 Å². The molecule has 66 heavy (non-hydrogen) atoms. The minimum atomic E-state index is -0.666. The lowest BCUT2D eigenvalue weighted by Crippen LogP contribution is -2.45. The summed E-state index contributed by atoms with van der Waals surface area (Å²) in [6, 6.07) is -0.544. The standard InChI is InChI=1S/C60H113NO5/c1-3-5-7-9-11-13-14-15-27-31-34-38-42-46-50-54-60(65)66-55-51-47-43-39-35-32-29-26-24-22-20-18-16-17-19-21-23-25-28-30-33-37-41-45-49-53-59(64)61-57(56-62)58(63)52-48-44-40-36-12-10-8-6-4-2/h15,17-20,27,57-58,62-63H,3-14,16,21-26,28-56H2,1-2H3,(H,61,64)/b19-17-,20-18-,27-15-. The molecular weight excluding hydrogens is 815 g/mol. The second-order valence-electron chi connectivity index (χ2n) is 20.0. The van der Waals surface area contributed by atoms with Gasteiger partial charge in [-0.2, -0.15) is 0 Å². The Hall–Kier alpha value is -1.92. The maximum atomic E-state index is 12.4. The molecule has 0 aliphatic heterocycles. The number of esters is 1. The number of ether oxygens (including phenoxy) is 1. The van der Waals surface area contributed by atoms with Crippen molar-refractivity contribution in [2.24, 2.45) is 0 Å². The monoisotopic (exact) mass is 928 g/mol. The van der Waals surface area contributed by atoms with Crippen LogP contribution in [-0.2, 0) is 14.3 Å². The molecule has 0 heterocycles. The zero-order valence-corrected chi connectivity index (χ0v) is 44.2. The maximum Gasteiger partial charge on any atom is 0.305 e. The van der Waals surface area contributed by atoms with Gasteiger partial charge in [0.05, 0.1) is 25.4 Å². The van der Waals surface area contributed by atoms with Gasteiger partial charge in [-0.15, -0.1) is 0 Å². The first-order valence-corrected chi connectivity index (χ1v) is 29.2. The van der Waals surface area contributed by atoms with E-state index in [2.05, 4.69) is 55.6 Å². The predicted octanol–water partition coefficient (Wildman–Crippen LogP) is 18.0. The highest BCUT2D eigenvalue weighted by atomic mass is 16.5. The van der Waals surface area contributed by atoms with Crippen molar-refractivity contribution >= 4 is 11.9 Å². The molecule has 0 aromatic heterocycles. The minimum Gasteiger partial charge on any atom is -0.466 e. The molecule has 0 rings (SSSR count). The van der Waals surface area contributed by atoms with E-state index in [0.29, 0.717) is 25.9 Å². The lowest BCUT2D eigenvalue weighted by molar-refractivity contribution is -0.143. The van der Waals surface area contributed by atoms with E-state index >= 15 is 0 Å². The number of allylic oxidation sites excluding steroid dienone is 6. The second kappa shape index (κ2) is 55.7. The maximum absolute atomic E-state index is 12.4. The summed E-state index contributed by atoms with van der Waals surface area (Å²) in [6.45, 7) is 4.92.